The predicted molar refractivity (Wildman–Crippen MR) is 83.5 cm³/mol. The molecular weight excluding hydrogens is 268 g/mol. The molecule has 2 saturated heterocycles. The quantitative estimate of drug-likeness (QED) is 0.929. The Morgan fingerprint density at radius 2 is 2.05 bits per heavy atom. The van der Waals surface area contributed by atoms with Crippen molar-refractivity contribution in [3.8, 4) is 0 Å². The summed E-state index contributed by atoms with van der Waals surface area (Å²) >= 11 is 1.65. The van der Waals surface area contributed by atoms with Crippen molar-refractivity contribution in [3.63, 3.8) is 0 Å². The molecule has 4 heteroatoms. The number of fused-ring (bicyclic) bond motifs is 2. The van der Waals surface area contributed by atoms with Crippen LogP contribution in [-0.4, -0.2) is 36.0 Å². The fourth-order valence-electron chi connectivity index (χ4n) is 3.66. The van der Waals surface area contributed by atoms with Gasteiger partial charge in [0.25, 0.3) is 5.91 Å². The van der Waals surface area contributed by atoms with Crippen LogP contribution in [0.5, 0.6) is 0 Å². The highest BCUT2D eigenvalue weighted by Gasteiger charge is 2.36. The van der Waals surface area contributed by atoms with Gasteiger partial charge in [-0.3, -0.25) is 4.79 Å². The summed E-state index contributed by atoms with van der Waals surface area (Å²) in [6, 6.07) is 3.76. The molecule has 0 radical (unpaired) electrons. The Bertz CT molecular complexity index is 499. The maximum Gasteiger partial charge on any atom is 0.263 e. The summed E-state index contributed by atoms with van der Waals surface area (Å²) in [6.07, 6.45) is 5.80. The van der Waals surface area contributed by atoms with Crippen molar-refractivity contribution in [2.24, 2.45) is 0 Å². The zero-order valence-electron chi connectivity index (χ0n) is 12.6. The topological polar surface area (TPSA) is 32.3 Å². The van der Waals surface area contributed by atoms with E-state index < -0.39 is 0 Å². The second kappa shape index (κ2) is 5.49. The number of hydrogen-bond acceptors (Lipinski definition) is 3. The molecule has 3 rings (SSSR count). The van der Waals surface area contributed by atoms with Gasteiger partial charge < -0.3 is 10.2 Å². The van der Waals surface area contributed by atoms with Gasteiger partial charge in [-0.1, -0.05) is 6.92 Å². The Labute approximate surface area is 125 Å². The van der Waals surface area contributed by atoms with Gasteiger partial charge in [-0.15, -0.1) is 11.3 Å². The average Bonchev–Trinajstić information content (AvgIpc) is 2.99. The molecule has 2 aliphatic rings. The van der Waals surface area contributed by atoms with E-state index in [9.17, 15) is 4.79 Å². The van der Waals surface area contributed by atoms with Gasteiger partial charge in [0.2, 0.25) is 0 Å². The third kappa shape index (κ3) is 2.51. The first kappa shape index (κ1) is 14.1. The molecule has 1 amide bonds. The minimum atomic E-state index is 0.212. The van der Waals surface area contributed by atoms with Crippen molar-refractivity contribution >= 4 is 17.2 Å². The van der Waals surface area contributed by atoms with Crippen LogP contribution in [0.1, 0.15) is 52.7 Å². The normalized spacial score (nSPS) is 28.6. The first-order valence-electron chi connectivity index (χ1n) is 7.71. The minimum absolute atomic E-state index is 0.212. The highest BCUT2D eigenvalue weighted by atomic mass is 32.1. The molecule has 20 heavy (non-hydrogen) atoms. The fraction of sp³-hybridized carbons (Fsp3) is 0.688. The molecule has 3 nitrogen and oxygen atoms in total. The monoisotopic (exact) mass is 292 g/mol. The summed E-state index contributed by atoms with van der Waals surface area (Å²) in [7, 11) is 1.98. The Hall–Kier alpha value is -0.870. The molecular formula is C16H24N2OS. The number of nitrogens with one attached hydrogen (secondary N) is 1. The van der Waals surface area contributed by atoms with E-state index in [0.717, 1.165) is 24.1 Å². The van der Waals surface area contributed by atoms with Crippen LogP contribution in [0.2, 0.25) is 0 Å². The molecule has 0 aromatic carbocycles. The largest absolute Gasteiger partial charge is 0.338 e. The Morgan fingerprint density at radius 1 is 1.40 bits per heavy atom. The Balaban J connectivity index is 1.72. The number of carbonyl (C=O) groups excluding carboxylic acids is 1. The smallest absolute Gasteiger partial charge is 0.263 e. The average molecular weight is 292 g/mol. The fourth-order valence-corrected chi connectivity index (χ4v) is 4.76. The summed E-state index contributed by atoms with van der Waals surface area (Å²) in [4.78, 5) is 16.9. The highest BCUT2D eigenvalue weighted by molar-refractivity contribution is 7.14. The molecule has 110 valence electrons. The molecule has 2 atom stereocenters. The molecule has 2 fully saturated rings. The van der Waals surface area contributed by atoms with Gasteiger partial charge in [0.1, 0.15) is 0 Å². The van der Waals surface area contributed by atoms with Crippen molar-refractivity contribution in [2.75, 3.05) is 7.05 Å². The Kier molecular flexibility index (Phi) is 3.87. The maximum absolute atomic E-state index is 12.7. The molecule has 0 aliphatic carbocycles. The standard InChI is InChI=1S/C16H24N2OS/c1-4-11-7-15(20-10(11)2)16(19)18(3)14-8-12-5-6-13(9-14)17-12/h7,12-14,17H,4-6,8-9H2,1-3H3. The number of hydrogen-bond donors (Lipinski definition) is 1. The molecule has 3 heterocycles. The van der Waals surface area contributed by atoms with Crippen LogP contribution in [0.3, 0.4) is 0 Å². The summed E-state index contributed by atoms with van der Waals surface area (Å²) in [5.74, 6) is 0.212. The van der Waals surface area contributed by atoms with E-state index in [0.29, 0.717) is 18.1 Å². The Morgan fingerprint density at radius 3 is 2.60 bits per heavy atom. The number of piperidine rings is 1. The third-order valence-electron chi connectivity index (χ3n) is 4.93. The van der Waals surface area contributed by atoms with E-state index in [4.69, 9.17) is 0 Å². The van der Waals surface area contributed by atoms with E-state index in [-0.39, 0.29) is 5.91 Å². The van der Waals surface area contributed by atoms with Crippen molar-refractivity contribution in [2.45, 2.75) is 64.1 Å². The number of thiophene rings is 1. The maximum atomic E-state index is 12.7. The summed E-state index contributed by atoms with van der Waals surface area (Å²) in [5, 5.41) is 3.64. The van der Waals surface area contributed by atoms with Gasteiger partial charge in [0.05, 0.1) is 4.88 Å². The second-order valence-electron chi connectivity index (χ2n) is 6.22. The number of nitrogens with zero attached hydrogens (tertiary/aromatic N) is 1. The number of aryl methyl sites for hydroxylation is 2. The molecule has 1 aromatic heterocycles. The molecule has 1 aromatic rings. The van der Waals surface area contributed by atoms with Gasteiger partial charge in [0, 0.05) is 30.1 Å². The molecule has 2 aliphatic heterocycles. The van der Waals surface area contributed by atoms with Crippen molar-refractivity contribution in [3.05, 3.63) is 21.4 Å². The highest BCUT2D eigenvalue weighted by Crippen LogP contribution is 2.31. The summed E-state index contributed by atoms with van der Waals surface area (Å²) in [6.45, 7) is 4.27. The number of amides is 1. The van der Waals surface area contributed by atoms with Crippen LogP contribution in [0.4, 0.5) is 0 Å². The summed E-state index contributed by atoms with van der Waals surface area (Å²) in [5.41, 5.74) is 1.32. The summed E-state index contributed by atoms with van der Waals surface area (Å²) < 4.78 is 0. The van der Waals surface area contributed by atoms with E-state index >= 15 is 0 Å². The number of rotatable bonds is 3. The van der Waals surface area contributed by atoms with Crippen LogP contribution < -0.4 is 5.32 Å². The predicted octanol–water partition coefficient (Wildman–Crippen LogP) is 2.97. The number of carbonyl (C=O) groups is 1. The molecule has 2 bridgehead atoms. The van der Waals surface area contributed by atoms with Gasteiger partial charge in [-0.25, -0.2) is 0 Å². The van der Waals surface area contributed by atoms with Crippen molar-refractivity contribution in [1.29, 1.82) is 0 Å². The van der Waals surface area contributed by atoms with Crippen LogP contribution in [0.15, 0.2) is 6.07 Å². The first-order chi connectivity index (χ1) is 9.58. The molecule has 0 saturated carbocycles. The van der Waals surface area contributed by atoms with Crippen LogP contribution in [-0.2, 0) is 6.42 Å². The van der Waals surface area contributed by atoms with E-state index in [2.05, 4.69) is 25.2 Å². The SMILES string of the molecule is CCc1cc(C(=O)N(C)C2CC3CCC(C2)N3)sc1C. The first-order valence-corrected chi connectivity index (χ1v) is 8.52. The van der Waals surface area contributed by atoms with E-state index in [1.54, 1.807) is 11.3 Å². The van der Waals surface area contributed by atoms with Crippen LogP contribution in [0, 0.1) is 6.92 Å². The van der Waals surface area contributed by atoms with Gasteiger partial charge in [-0.05, 0) is 50.7 Å². The third-order valence-corrected chi connectivity index (χ3v) is 6.01. The lowest BCUT2D eigenvalue weighted by molar-refractivity contribution is 0.0686. The van der Waals surface area contributed by atoms with Crippen LogP contribution >= 0.6 is 11.3 Å². The molecule has 1 N–H and O–H groups in total. The van der Waals surface area contributed by atoms with E-state index in [1.807, 2.05) is 11.9 Å². The lowest BCUT2D eigenvalue weighted by Crippen LogP contribution is -2.48. The zero-order valence-corrected chi connectivity index (χ0v) is 13.4. The lowest BCUT2D eigenvalue weighted by atomic mass is 9.98. The minimum Gasteiger partial charge on any atom is -0.338 e. The lowest BCUT2D eigenvalue weighted by Gasteiger charge is -2.35. The van der Waals surface area contributed by atoms with Gasteiger partial charge >= 0.3 is 0 Å². The van der Waals surface area contributed by atoms with Gasteiger partial charge in [-0.2, -0.15) is 0 Å². The van der Waals surface area contributed by atoms with Crippen molar-refractivity contribution in [1.82, 2.24) is 10.2 Å². The van der Waals surface area contributed by atoms with Crippen molar-refractivity contribution < 1.29 is 4.79 Å². The second-order valence-corrected chi connectivity index (χ2v) is 7.48. The zero-order chi connectivity index (χ0) is 14.3. The molecule has 2 unspecified atom stereocenters. The van der Waals surface area contributed by atoms with E-state index in [1.165, 1.54) is 23.3 Å². The van der Waals surface area contributed by atoms with Gasteiger partial charge in [0.15, 0.2) is 0 Å². The molecule has 0 spiro atoms. The van der Waals surface area contributed by atoms with Crippen LogP contribution in [0.25, 0.3) is 0 Å².